The van der Waals surface area contributed by atoms with Gasteiger partial charge in [0.05, 0.1) is 30.3 Å². The van der Waals surface area contributed by atoms with E-state index in [1.165, 1.54) is 12.7 Å². The van der Waals surface area contributed by atoms with Crippen LogP contribution in [0.4, 0.5) is 0 Å². The Morgan fingerprint density at radius 1 is 0.976 bits per heavy atom. The van der Waals surface area contributed by atoms with Crippen LogP contribution in [0.25, 0.3) is 0 Å². The van der Waals surface area contributed by atoms with Gasteiger partial charge in [0.25, 0.3) is 0 Å². The minimum atomic E-state index is -0.963. The molecule has 0 N–H and O–H groups in total. The highest BCUT2D eigenvalue weighted by atomic mass is 35.5. The number of hydrogen-bond acceptors (Lipinski definition) is 7. The van der Waals surface area contributed by atoms with Crippen LogP contribution in [0, 0.1) is 11.3 Å². The molecule has 0 bridgehead atoms. The molecule has 1 aliphatic heterocycles. The van der Waals surface area contributed by atoms with Gasteiger partial charge in [-0.1, -0.05) is 86.1 Å². The molecule has 1 fully saturated rings. The fourth-order valence-corrected chi connectivity index (χ4v) is 5.65. The van der Waals surface area contributed by atoms with Gasteiger partial charge in [-0.25, -0.2) is 14.6 Å². The molecule has 3 unspecified atom stereocenters. The predicted octanol–water partition coefficient (Wildman–Crippen LogP) is 7.24. The average molecular weight is 631 g/mol. The van der Waals surface area contributed by atoms with Gasteiger partial charge in [-0.3, -0.25) is 4.68 Å². The number of unbranched alkanes of at least 4 members (excludes halogenated alkanes) is 1. The van der Waals surface area contributed by atoms with Gasteiger partial charge in [0.2, 0.25) is 5.79 Å². The zero-order valence-electron chi connectivity index (χ0n) is 23.7. The van der Waals surface area contributed by atoms with E-state index in [0.29, 0.717) is 34.8 Å². The Hall–Kier alpha value is -3.00. The van der Waals surface area contributed by atoms with Crippen LogP contribution < -0.4 is 0 Å². The zero-order chi connectivity index (χ0) is 30.0. The van der Waals surface area contributed by atoms with Crippen LogP contribution in [0.3, 0.4) is 0 Å². The van der Waals surface area contributed by atoms with Crippen LogP contribution in [-0.4, -0.2) is 42.2 Å². The summed E-state index contributed by atoms with van der Waals surface area (Å²) in [4.78, 5) is 7.92. The van der Waals surface area contributed by atoms with Crippen molar-refractivity contribution in [2.24, 2.45) is 0 Å². The molecule has 1 aliphatic rings. The molecule has 2 aromatic carbocycles. The fourth-order valence-electron chi connectivity index (χ4n) is 4.97. The first kappa shape index (κ1) is 31.9. The van der Waals surface area contributed by atoms with Crippen molar-refractivity contribution in [1.29, 1.82) is 5.26 Å². The lowest BCUT2D eigenvalue weighted by atomic mass is 9.77. The van der Waals surface area contributed by atoms with Gasteiger partial charge in [0.1, 0.15) is 37.3 Å². The van der Waals surface area contributed by atoms with Crippen LogP contribution in [0.15, 0.2) is 67.8 Å². The number of nitrogens with zero attached hydrogens (tertiary/aromatic N) is 7. The Labute approximate surface area is 261 Å². The number of hydrogen-bond donors (Lipinski definition) is 0. The molecular formula is C30H34Cl3N7O2. The van der Waals surface area contributed by atoms with Crippen LogP contribution in [0.5, 0.6) is 0 Å². The van der Waals surface area contributed by atoms with Crippen molar-refractivity contribution < 1.29 is 9.47 Å². The molecule has 1 saturated heterocycles. The number of nitriles is 1. The largest absolute Gasteiger partial charge is 0.342 e. The maximum Gasteiger partial charge on any atom is 0.217 e. The Kier molecular flexibility index (Phi) is 11.4. The van der Waals surface area contributed by atoms with Gasteiger partial charge in [0, 0.05) is 15.6 Å². The molecule has 5 rings (SSSR count). The summed E-state index contributed by atoms with van der Waals surface area (Å²) >= 11 is 18.3. The lowest BCUT2D eigenvalue weighted by Crippen LogP contribution is -2.34. The summed E-state index contributed by atoms with van der Waals surface area (Å²) in [6, 6.07) is 15.3. The van der Waals surface area contributed by atoms with Gasteiger partial charge < -0.3 is 9.47 Å². The second-order valence-corrected chi connectivity index (χ2v) is 11.5. The van der Waals surface area contributed by atoms with Crippen LogP contribution in [0.1, 0.15) is 57.1 Å². The molecule has 12 heteroatoms. The third-order valence-electron chi connectivity index (χ3n) is 7.11. The molecule has 0 amide bonds. The summed E-state index contributed by atoms with van der Waals surface area (Å²) in [7, 11) is 0. The molecule has 0 saturated carbocycles. The predicted molar refractivity (Wildman–Crippen MR) is 162 cm³/mol. The van der Waals surface area contributed by atoms with Crippen molar-refractivity contribution in [2.45, 2.75) is 76.3 Å². The van der Waals surface area contributed by atoms with E-state index >= 15 is 0 Å². The number of rotatable bonds is 11. The minimum absolute atomic E-state index is 0.0419. The van der Waals surface area contributed by atoms with Crippen molar-refractivity contribution in [3.05, 3.63) is 94.0 Å². The van der Waals surface area contributed by atoms with Crippen LogP contribution >= 0.6 is 34.8 Å². The van der Waals surface area contributed by atoms with E-state index < -0.39 is 11.2 Å². The van der Waals surface area contributed by atoms with Gasteiger partial charge >= 0.3 is 0 Å². The van der Waals surface area contributed by atoms with Gasteiger partial charge in [-0.15, -0.1) is 0 Å². The highest BCUT2D eigenvalue weighted by Crippen LogP contribution is 2.41. The second kappa shape index (κ2) is 14.9. The SMILES string of the molecule is CCCC1COC(Cn2cncn2)(c2ccc(Cl)cc2Cl)O1.CCCCC(C#N)(Cn1cncn1)c1ccc(Cl)cc1. The molecule has 0 aliphatic carbocycles. The summed E-state index contributed by atoms with van der Waals surface area (Å²) in [5, 5.41) is 19.8. The topological polar surface area (TPSA) is 104 Å². The zero-order valence-corrected chi connectivity index (χ0v) is 25.9. The van der Waals surface area contributed by atoms with E-state index in [9.17, 15) is 5.26 Å². The highest BCUT2D eigenvalue weighted by Gasteiger charge is 2.45. The van der Waals surface area contributed by atoms with Crippen molar-refractivity contribution in [1.82, 2.24) is 29.5 Å². The van der Waals surface area contributed by atoms with Crippen molar-refractivity contribution in [3.8, 4) is 6.07 Å². The summed E-state index contributed by atoms with van der Waals surface area (Å²) in [6.45, 7) is 5.66. The molecular weight excluding hydrogens is 597 g/mol. The molecule has 4 aromatic rings. The highest BCUT2D eigenvalue weighted by molar-refractivity contribution is 6.35. The standard InChI is InChI=1S/C15H17Cl2N3O2.C15H17ClN4/c1-2-3-12-7-21-15(22-12,8-20-10-18-9-19-20)13-5-4-11(16)6-14(13)17;1-2-3-8-15(9-17,10-20-12-18-11-19-20)13-4-6-14(16)7-5-13/h4-6,9-10,12H,2-3,7-8H2,1H3;4-7,11-12H,2-3,8,10H2,1H3. The first-order chi connectivity index (χ1) is 20.3. The fraction of sp³-hybridized carbons (Fsp3) is 0.433. The third kappa shape index (κ3) is 7.88. The number of ether oxygens (including phenoxy) is 2. The maximum atomic E-state index is 9.78. The Bertz CT molecular complexity index is 1430. The van der Waals surface area contributed by atoms with E-state index in [4.69, 9.17) is 44.3 Å². The van der Waals surface area contributed by atoms with Crippen LogP contribution in [0.2, 0.25) is 15.1 Å². The molecule has 3 atom stereocenters. The molecule has 3 heterocycles. The molecule has 0 radical (unpaired) electrons. The lowest BCUT2D eigenvalue weighted by molar-refractivity contribution is -0.189. The molecule has 9 nitrogen and oxygen atoms in total. The van der Waals surface area contributed by atoms with E-state index in [0.717, 1.165) is 43.2 Å². The normalized spacial score (nSPS) is 19.5. The first-order valence-corrected chi connectivity index (χ1v) is 15.1. The third-order valence-corrected chi connectivity index (χ3v) is 7.91. The van der Waals surface area contributed by atoms with E-state index in [2.05, 4.69) is 40.1 Å². The minimum Gasteiger partial charge on any atom is -0.342 e. The number of halogens is 3. The van der Waals surface area contributed by atoms with Crippen LogP contribution in [-0.2, 0) is 33.8 Å². The van der Waals surface area contributed by atoms with E-state index in [1.807, 2.05) is 30.3 Å². The molecule has 42 heavy (non-hydrogen) atoms. The first-order valence-electron chi connectivity index (χ1n) is 13.9. The lowest BCUT2D eigenvalue weighted by Gasteiger charge is -2.29. The van der Waals surface area contributed by atoms with Gasteiger partial charge in [-0.2, -0.15) is 15.5 Å². The van der Waals surface area contributed by atoms with E-state index in [-0.39, 0.29) is 6.10 Å². The Balaban J connectivity index is 0.000000194. The summed E-state index contributed by atoms with van der Waals surface area (Å²) in [5.41, 5.74) is 1.15. The Morgan fingerprint density at radius 2 is 1.67 bits per heavy atom. The van der Waals surface area contributed by atoms with Crippen molar-refractivity contribution in [2.75, 3.05) is 6.61 Å². The smallest absolute Gasteiger partial charge is 0.217 e. The van der Waals surface area contributed by atoms with Crippen molar-refractivity contribution in [3.63, 3.8) is 0 Å². The maximum absolute atomic E-state index is 9.78. The monoisotopic (exact) mass is 629 g/mol. The van der Waals surface area contributed by atoms with Gasteiger partial charge in [0.15, 0.2) is 0 Å². The molecule has 2 aromatic heterocycles. The van der Waals surface area contributed by atoms with Crippen molar-refractivity contribution >= 4 is 34.8 Å². The summed E-state index contributed by atoms with van der Waals surface area (Å²) < 4.78 is 15.7. The quantitative estimate of drug-likeness (QED) is 0.172. The van der Waals surface area contributed by atoms with Gasteiger partial charge in [-0.05, 0) is 42.7 Å². The average Bonchev–Trinajstić information content (AvgIpc) is 3.76. The number of aromatic nitrogens is 6. The molecule has 222 valence electrons. The summed E-state index contributed by atoms with van der Waals surface area (Å²) in [6.07, 6.45) is 11.1. The second-order valence-electron chi connectivity index (χ2n) is 10.2. The molecule has 0 spiro atoms. The Morgan fingerprint density at radius 3 is 2.26 bits per heavy atom. The summed E-state index contributed by atoms with van der Waals surface area (Å²) in [5.74, 6) is -0.963. The van der Waals surface area contributed by atoms with E-state index in [1.54, 1.807) is 34.2 Å². The number of benzene rings is 2.